The van der Waals surface area contributed by atoms with E-state index < -0.39 is 5.97 Å². The van der Waals surface area contributed by atoms with E-state index in [1.165, 1.54) is 38.2 Å². The van der Waals surface area contributed by atoms with Crippen LogP contribution in [0.2, 0.25) is 0 Å². The molecule has 0 saturated heterocycles. The molecule has 0 aromatic heterocycles. The lowest BCUT2D eigenvalue weighted by Gasteiger charge is -2.11. The van der Waals surface area contributed by atoms with Gasteiger partial charge < -0.3 is 5.11 Å². The van der Waals surface area contributed by atoms with Gasteiger partial charge in [-0.2, -0.15) is 0 Å². The van der Waals surface area contributed by atoms with Crippen LogP contribution in [0.3, 0.4) is 0 Å². The number of rotatable bonds is 15. The zero-order chi connectivity index (χ0) is 17.9. The summed E-state index contributed by atoms with van der Waals surface area (Å²) in [5.41, 5.74) is 0. The zero-order valence-electron chi connectivity index (χ0n) is 14.8. The molecule has 0 bridgehead atoms. The van der Waals surface area contributed by atoms with E-state index in [4.69, 9.17) is 10.4 Å². The summed E-state index contributed by atoms with van der Waals surface area (Å²) in [7, 11) is 0. The topological polar surface area (TPSA) is 66.8 Å². The molecule has 0 amide bonds. The normalized spacial score (nSPS) is 13.8. The van der Waals surface area contributed by atoms with Crippen LogP contribution >= 0.6 is 0 Å². The van der Waals surface area contributed by atoms with Crippen LogP contribution in [0.4, 0.5) is 0 Å². The second-order valence-electron chi connectivity index (χ2n) is 5.76. The van der Waals surface area contributed by atoms with Crippen LogP contribution in [0.5, 0.6) is 0 Å². The third-order valence-electron chi connectivity index (χ3n) is 3.61. The first-order chi connectivity index (χ1) is 11.7. The Kier molecular flexibility index (Phi) is 16.5. The maximum atomic E-state index is 10.2. The number of carboxylic acid groups (broad SMARTS) is 1. The molecule has 0 aliphatic carbocycles. The lowest BCUT2D eigenvalue weighted by Crippen LogP contribution is -2.10. The molecule has 2 N–H and O–H groups in total. The molecular formula is C20H32O4. The van der Waals surface area contributed by atoms with Crippen LogP contribution in [0.15, 0.2) is 48.6 Å². The average molecular weight is 336 g/mol. The molecule has 0 saturated carbocycles. The molecule has 136 valence electrons. The van der Waals surface area contributed by atoms with Gasteiger partial charge in [0, 0.05) is 6.08 Å². The predicted octanol–water partition coefficient (Wildman–Crippen LogP) is 5.68. The van der Waals surface area contributed by atoms with E-state index in [0.717, 1.165) is 31.8 Å². The van der Waals surface area contributed by atoms with Gasteiger partial charge in [0.2, 0.25) is 0 Å². The molecule has 0 aromatic rings. The molecule has 0 unspecified atom stereocenters. The van der Waals surface area contributed by atoms with E-state index in [9.17, 15) is 4.79 Å². The molecule has 0 aliphatic heterocycles. The lowest BCUT2D eigenvalue weighted by atomic mass is 10.0. The number of aliphatic carboxylic acids is 1. The van der Waals surface area contributed by atoms with Crippen molar-refractivity contribution in [2.24, 2.45) is 0 Å². The minimum absolute atomic E-state index is 0.0779. The highest BCUT2D eigenvalue weighted by Crippen LogP contribution is 2.13. The van der Waals surface area contributed by atoms with Crippen molar-refractivity contribution >= 4 is 5.97 Å². The Morgan fingerprint density at radius 3 is 2.21 bits per heavy atom. The molecule has 4 nitrogen and oxygen atoms in total. The van der Waals surface area contributed by atoms with Gasteiger partial charge >= 0.3 is 5.97 Å². The van der Waals surface area contributed by atoms with E-state index in [-0.39, 0.29) is 6.10 Å². The minimum atomic E-state index is -0.954. The molecule has 0 spiro atoms. The van der Waals surface area contributed by atoms with Crippen LogP contribution in [0.25, 0.3) is 0 Å². The van der Waals surface area contributed by atoms with Gasteiger partial charge in [0.05, 0.1) is 6.10 Å². The van der Waals surface area contributed by atoms with Crippen molar-refractivity contribution in [2.75, 3.05) is 0 Å². The highest BCUT2D eigenvalue weighted by atomic mass is 17.1. The van der Waals surface area contributed by atoms with Gasteiger partial charge in [0.15, 0.2) is 0 Å². The fourth-order valence-electron chi connectivity index (χ4n) is 2.25. The number of carbonyl (C=O) groups is 1. The van der Waals surface area contributed by atoms with Crippen molar-refractivity contribution in [3.63, 3.8) is 0 Å². The quantitative estimate of drug-likeness (QED) is 0.133. The van der Waals surface area contributed by atoms with Gasteiger partial charge in [-0.25, -0.2) is 9.68 Å². The number of unbranched alkanes of at least 4 members (excludes halogenated alkanes) is 5. The Morgan fingerprint density at radius 1 is 0.917 bits per heavy atom. The van der Waals surface area contributed by atoms with Crippen molar-refractivity contribution in [3.8, 4) is 0 Å². The molecule has 0 heterocycles. The summed E-state index contributed by atoms with van der Waals surface area (Å²) in [6, 6.07) is 0. The summed E-state index contributed by atoms with van der Waals surface area (Å²) in [5, 5.41) is 17.3. The first-order valence-corrected chi connectivity index (χ1v) is 8.90. The van der Waals surface area contributed by atoms with Crippen molar-refractivity contribution in [2.45, 2.75) is 70.8 Å². The fourth-order valence-corrected chi connectivity index (χ4v) is 2.25. The summed E-state index contributed by atoms with van der Waals surface area (Å²) in [4.78, 5) is 14.8. The molecule has 24 heavy (non-hydrogen) atoms. The zero-order valence-corrected chi connectivity index (χ0v) is 14.8. The van der Waals surface area contributed by atoms with Crippen molar-refractivity contribution < 1.29 is 20.0 Å². The van der Waals surface area contributed by atoms with Crippen molar-refractivity contribution in [3.05, 3.63) is 48.6 Å². The lowest BCUT2D eigenvalue weighted by molar-refractivity contribution is -0.281. The van der Waals surface area contributed by atoms with E-state index >= 15 is 0 Å². The van der Waals surface area contributed by atoms with Crippen LogP contribution < -0.4 is 0 Å². The highest BCUT2D eigenvalue weighted by Gasteiger charge is 2.07. The number of hydrogen-bond donors (Lipinski definition) is 2. The third kappa shape index (κ3) is 16.7. The van der Waals surface area contributed by atoms with E-state index in [2.05, 4.69) is 11.8 Å². The second kappa shape index (κ2) is 17.7. The summed E-state index contributed by atoms with van der Waals surface area (Å²) in [5.74, 6) is -0.954. The second-order valence-corrected chi connectivity index (χ2v) is 5.76. The van der Waals surface area contributed by atoms with Crippen LogP contribution in [-0.2, 0) is 9.68 Å². The summed E-state index contributed by atoms with van der Waals surface area (Å²) in [6.45, 7) is 2.21. The summed E-state index contributed by atoms with van der Waals surface area (Å²) in [6.07, 6.45) is 23.6. The van der Waals surface area contributed by atoms with Gasteiger partial charge in [0.1, 0.15) is 0 Å². The molecule has 0 aliphatic rings. The summed E-state index contributed by atoms with van der Waals surface area (Å²) < 4.78 is 0. The Morgan fingerprint density at radius 2 is 1.54 bits per heavy atom. The molecule has 0 aromatic carbocycles. The Balaban J connectivity index is 3.72. The summed E-state index contributed by atoms with van der Waals surface area (Å²) >= 11 is 0. The number of hydrogen-bond acceptors (Lipinski definition) is 3. The molecule has 0 rings (SSSR count). The fraction of sp³-hybridized carbons (Fsp3) is 0.550. The highest BCUT2D eigenvalue weighted by molar-refractivity contribution is 5.80. The average Bonchev–Trinajstić information content (AvgIpc) is 2.57. The van der Waals surface area contributed by atoms with Gasteiger partial charge in [-0.1, -0.05) is 88.0 Å². The van der Waals surface area contributed by atoms with Crippen molar-refractivity contribution in [1.82, 2.24) is 0 Å². The Labute approximate surface area is 146 Å². The van der Waals surface area contributed by atoms with Gasteiger partial charge in [-0.05, 0) is 19.3 Å². The van der Waals surface area contributed by atoms with Crippen molar-refractivity contribution in [1.29, 1.82) is 0 Å². The van der Waals surface area contributed by atoms with E-state index in [1.54, 1.807) is 12.2 Å². The van der Waals surface area contributed by atoms with Crippen LogP contribution in [-0.4, -0.2) is 22.4 Å². The maximum Gasteiger partial charge on any atom is 0.328 e. The monoisotopic (exact) mass is 336 g/mol. The Hall–Kier alpha value is -1.65. The van der Waals surface area contributed by atoms with Crippen LogP contribution in [0.1, 0.15) is 64.7 Å². The molecular weight excluding hydrogens is 304 g/mol. The first kappa shape index (κ1) is 22.4. The van der Waals surface area contributed by atoms with Gasteiger partial charge in [-0.15, -0.1) is 0 Å². The molecule has 0 radical (unpaired) electrons. The smallest absolute Gasteiger partial charge is 0.328 e. The van der Waals surface area contributed by atoms with Crippen LogP contribution in [0, 0.1) is 0 Å². The van der Waals surface area contributed by atoms with E-state index in [1.807, 2.05) is 24.3 Å². The third-order valence-corrected chi connectivity index (χ3v) is 3.61. The van der Waals surface area contributed by atoms with Gasteiger partial charge in [0.25, 0.3) is 0 Å². The number of allylic oxidation sites excluding steroid dienone is 7. The SMILES string of the molecule is CCCCCCCC[C@@H](CC/C=C/C=C/C=C/C=C/C(=O)O)OO. The Bertz CT molecular complexity index is 408. The molecule has 1 atom stereocenters. The van der Waals surface area contributed by atoms with Gasteiger partial charge in [-0.3, -0.25) is 5.26 Å². The largest absolute Gasteiger partial charge is 0.478 e. The number of carboxylic acids is 1. The minimum Gasteiger partial charge on any atom is -0.478 e. The maximum absolute atomic E-state index is 10.2. The molecule has 4 heteroatoms. The van der Waals surface area contributed by atoms with E-state index in [0.29, 0.717) is 0 Å². The predicted molar refractivity (Wildman–Crippen MR) is 98.9 cm³/mol. The standard InChI is InChI=1S/C20H32O4/c1-2-3-4-5-10-13-16-19(24-23)17-14-11-8-6-7-9-12-15-18-20(21)22/h6-9,11-12,15,18-19,23H,2-5,10,13-14,16-17H2,1H3,(H,21,22)/b7-6+,11-8+,12-9+,18-15+/t19-/m0/s1. The first-order valence-electron chi connectivity index (χ1n) is 8.90. The molecule has 0 fully saturated rings.